The lowest BCUT2D eigenvalue weighted by Gasteiger charge is -2.17. The van der Waals surface area contributed by atoms with E-state index in [1.807, 2.05) is 11.9 Å². The van der Waals surface area contributed by atoms with Crippen LogP contribution in [0.15, 0.2) is 16.7 Å². The first-order chi connectivity index (χ1) is 7.20. The van der Waals surface area contributed by atoms with E-state index in [9.17, 15) is 4.39 Å². The number of halogens is 2. The summed E-state index contributed by atoms with van der Waals surface area (Å²) in [6.45, 7) is 1.68. The van der Waals surface area contributed by atoms with Crippen LogP contribution in [0.4, 0.5) is 10.2 Å². The summed E-state index contributed by atoms with van der Waals surface area (Å²) < 4.78 is 14.3. The lowest BCUT2D eigenvalue weighted by molar-refractivity contribution is 0.604. The predicted molar refractivity (Wildman–Crippen MR) is 61.6 cm³/mol. The number of hydrogen-bond acceptors (Lipinski definition) is 3. The van der Waals surface area contributed by atoms with Crippen LogP contribution in [0.2, 0.25) is 0 Å². The molecule has 0 amide bonds. The molecule has 0 aliphatic carbocycles. The molecule has 3 nitrogen and oxygen atoms in total. The molecule has 0 aromatic carbocycles. The summed E-state index contributed by atoms with van der Waals surface area (Å²) in [5.74, 6) is 0.192. The van der Waals surface area contributed by atoms with Gasteiger partial charge in [-0.2, -0.15) is 0 Å². The van der Waals surface area contributed by atoms with Gasteiger partial charge in [0.15, 0.2) is 11.6 Å². The van der Waals surface area contributed by atoms with Gasteiger partial charge in [0, 0.05) is 29.8 Å². The predicted octanol–water partition coefficient (Wildman–Crippen LogP) is 1.78. The maximum absolute atomic E-state index is 13.6. The molecular weight excluding hydrogens is 261 g/mol. The summed E-state index contributed by atoms with van der Waals surface area (Å²) in [7, 11) is 1.93. The van der Waals surface area contributed by atoms with Crippen molar-refractivity contribution in [2.24, 2.45) is 0 Å². The zero-order valence-corrected chi connectivity index (χ0v) is 10.1. The van der Waals surface area contributed by atoms with Crippen molar-refractivity contribution in [1.29, 1.82) is 0 Å². The average Bonchev–Trinajstić information content (AvgIpc) is 2.66. The van der Waals surface area contributed by atoms with E-state index >= 15 is 0 Å². The Morgan fingerprint density at radius 3 is 3.07 bits per heavy atom. The molecule has 2 rings (SSSR count). The summed E-state index contributed by atoms with van der Waals surface area (Å²) in [6, 6.07) is 1.89. The SMILES string of the molecule is CNC1CCN(c2ncc(Br)cc2F)C1. The molecule has 1 aromatic rings. The maximum atomic E-state index is 13.6. The van der Waals surface area contributed by atoms with Crippen LogP contribution in [0, 0.1) is 5.82 Å². The Morgan fingerprint density at radius 2 is 2.47 bits per heavy atom. The minimum absolute atomic E-state index is 0.263. The Morgan fingerprint density at radius 1 is 1.67 bits per heavy atom. The number of anilines is 1. The number of likely N-dealkylation sites (N-methyl/N-ethyl adjacent to an activating group) is 1. The fourth-order valence-corrected chi connectivity index (χ4v) is 2.13. The zero-order chi connectivity index (χ0) is 10.8. The summed E-state index contributed by atoms with van der Waals surface area (Å²) in [5, 5.41) is 3.19. The standard InChI is InChI=1S/C10H13BrFN3/c1-13-8-2-3-15(6-8)10-9(12)4-7(11)5-14-10/h4-5,8,13H,2-3,6H2,1H3. The molecule has 0 spiro atoms. The molecule has 1 atom stereocenters. The first-order valence-corrected chi connectivity index (χ1v) is 5.73. The molecule has 82 valence electrons. The van der Waals surface area contributed by atoms with Crippen molar-refractivity contribution in [1.82, 2.24) is 10.3 Å². The monoisotopic (exact) mass is 273 g/mol. The van der Waals surface area contributed by atoms with Gasteiger partial charge in [0.2, 0.25) is 0 Å². The zero-order valence-electron chi connectivity index (χ0n) is 8.50. The Balaban J connectivity index is 2.17. The van der Waals surface area contributed by atoms with Crippen molar-refractivity contribution in [2.75, 3.05) is 25.0 Å². The third-order valence-corrected chi connectivity index (χ3v) is 3.12. The summed E-state index contributed by atoms with van der Waals surface area (Å²) in [6.07, 6.45) is 2.67. The highest BCUT2D eigenvalue weighted by molar-refractivity contribution is 9.10. The maximum Gasteiger partial charge on any atom is 0.166 e. The summed E-state index contributed by atoms with van der Waals surface area (Å²) in [4.78, 5) is 6.08. The lowest BCUT2D eigenvalue weighted by atomic mass is 10.3. The van der Waals surface area contributed by atoms with Crippen LogP contribution in [-0.4, -0.2) is 31.2 Å². The van der Waals surface area contributed by atoms with Crippen LogP contribution in [0.3, 0.4) is 0 Å². The molecule has 15 heavy (non-hydrogen) atoms. The molecule has 0 bridgehead atoms. The Labute approximate surface area is 96.8 Å². The van der Waals surface area contributed by atoms with Gasteiger partial charge in [0.05, 0.1) is 0 Å². The molecule has 1 fully saturated rings. The Bertz CT molecular complexity index is 359. The fraction of sp³-hybridized carbons (Fsp3) is 0.500. The normalized spacial score (nSPS) is 21.0. The smallest absolute Gasteiger partial charge is 0.166 e. The van der Waals surface area contributed by atoms with Gasteiger partial charge in [-0.3, -0.25) is 0 Å². The molecular formula is C10H13BrFN3. The van der Waals surface area contributed by atoms with E-state index in [2.05, 4.69) is 26.2 Å². The third kappa shape index (κ3) is 2.29. The quantitative estimate of drug-likeness (QED) is 0.891. The van der Waals surface area contributed by atoms with Crippen LogP contribution >= 0.6 is 15.9 Å². The second-order valence-corrected chi connectivity index (χ2v) is 4.59. The van der Waals surface area contributed by atoms with E-state index in [0.29, 0.717) is 16.3 Å². The largest absolute Gasteiger partial charge is 0.353 e. The first kappa shape index (κ1) is 10.8. The molecule has 1 saturated heterocycles. The van der Waals surface area contributed by atoms with Gasteiger partial charge >= 0.3 is 0 Å². The van der Waals surface area contributed by atoms with E-state index in [1.165, 1.54) is 6.07 Å². The molecule has 1 aliphatic rings. The molecule has 2 heterocycles. The van der Waals surface area contributed by atoms with Gasteiger partial charge < -0.3 is 10.2 Å². The van der Waals surface area contributed by atoms with Crippen molar-refractivity contribution < 1.29 is 4.39 Å². The number of hydrogen-bond donors (Lipinski definition) is 1. The average molecular weight is 274 g/mol. The minimum atomic E-state index is -0.263. The van der Waals surface area contributed by atoms with Crippen molar-refractivity contribution in [3.63, 3.8) is 0 Å². The van der Waals surface area contributed by atoms with Crippen LogP contribution in [0.1, 0.15) is 6.42 Å². The molecule has 5 heteroatoms. The van der Waals surface area contributed by atoms with Gasteiger partial charge in [-0.05, 0) is 35.5 Å². The number of nitrogens with zero attached hydrogens (tertiary/aromatic N) is 2. The van der Waals surface area contributed by atoms with Crippen LogP contribution in [-0.2, 0) is 0 Å². The van der Waals surface area contributed by atoms with E-state index < -0.39 is 0 Å². The van der Waals surface area contributed by atoms with Gasteiger partial charge in [-0.25, -0.2) is 9.37 Å². The molecule has 1 N–H and O–H groups in total. The number of rotatable bonds is 2. The molecule has 0 radical (unpaired) electrons. The van der Waals surface area contributed by atoms with Crippen molar-refractivity contribution in [3.8, 4) is 0 Å². The summed E-state index contributed by atoms with van der Waals surface area (Å²) >= 11 is 3.20. The number of pyridine rings is 1. The fourth-order valence-electron chi connectivity index (χ4n) is 1.83. The Kier molecular flexibility index (Phi) is 3.21. The van der Waals surface area contributed by atoms with Gasteiger partial charge in [-0.15, -0.1) is 0 Å². The highest BCUT2D eigenvalue weighted by Crippen LogP contribution is 2.23. The lowest BCUT2D eigenvalue weighted by Crippen LogP contribution is -2.30. The number of nitrogens with one attached hydrogen (secondary N) is 1. The van der Waals surface area contributed by atoms with Gasteiger partial charge in [0.25, 0.3) is 0 Å². The topological polar surface area (TPSA) is 28.2 Å². The van der Waals surface area contributed by atoms with Crippen LogP contribution < -0.4 is 10.2 Å². The van der Waals surface area contributed by atoms with Crippen molar-refractivity contribution in [2.45, 2.75) is 12.5 Å². The highest BCUT2D eigenvalue weighted by Gasteiger charge is 2.24. The number of aromatic nitrogens is 1. The van der Waals surface area contributed by atoms with Gasteiger partial charge in [0.1, 0.15) is 0 Å². The van der Waals surface area contributed by atoms with E-state index in [1.54, 1.807) is 6.20 Å². The molecule has 1 aliphatic heterocycles. The third-order valence-electron chi connectivity index (χ3n) is 2.68. The molecule has 1 aromatic heterocycles. The molecule has 1 unspecified atom stereocenters. The minimum Gasteiger partial charge on any atom is -0.353 e. The first-order valence-electron chi connectivity index (χ1n) is 4.94. The van der Waals surface area contributed by atoms with Crippen LogP contribution in [0.25, 0.3) is 0 Å². The van der Waals surface area contributed by atoms with E-state index in [-0.39, 0.29) is 5.82 Å². The summed E-state index contributed by atoms with van der Waals surface area (Å²) in [5.41, 5.74) is 0. The Hall–Kier alpha value is -0.680. The van der Waals surface area contributed by atoms with Crippen LogP contribution in [0.5, 0.6) is 0 Å². The molecule has 0 saturated carbocycles. The highest BCUT2D eigenvalue weighted by atomic mass is 79.9. The van der Waals surface area contributed by atoms with Crippen molar-refractivity contribution in [3.05, 3.63) is 22.6 Å². The van der Waals surface area contributed by atoms with E-state index in [0.717, 1.165) is 19.5 Å². The van der Waals surface area contributed by atoms with Gasteiger partial charge in [-0.1, -0.05) is 0 Å². The van der Waals surface area contributed by atoms with E-state index in [4.69, 9.17) is 0 Å². The second-order valence-electron chi connectivity index (χ2n) is 3.68. The second kappa shape index (κ2) is 4.45. The van der Waals surface area contributed by atoms with Crippen molar-refractivity contribution >= 4 is 21.7 Å².